The van der Waals surface area contributed by atoms with E-state index in [2.05, 4.69) is 19.7 Å². The number of aromatic nitrogens is 3. The van der Waals surface area contributed by atoms with E-state index < -0.39 is 22.2 Å². The van der Waals surface area contributed by atoms with Crippen LogP contribution in [0.4, 0.5) is 13.2 Å². The van der Waals surface area contributed by atoms with Crippen molar-refractivity contribution in [2.45, 2.75) is 49.8 Å². The van der Waals surface area contributed by atoms with E-state index in [1.807, 2.05) is 28.5 Å². The van der Waals surface area contributed by atoms with Gasteiger partial charge in [-0.15, -0.1) is 11.3 Å². The van der Waals surface area contributed by atoms with Gasteiger partial charge in [-0.05, 0) is 25.3 Å². The van der Waals surface area contributed by atoms with E-state index in [9.17, 15) is 21.6 Å². The molecule has 1 atom stereocenters. The van der Waals surface area contributed by atoms with Crippen molar-refractivity contribution >= 4 is 27.3 Å². The van der Waals surface area contributed by atoms with Gasteiger partial charge in [0, 0.05) is 37.4 Å². The molecule has 1 aliphatic carbocycles. The maximum Gasteiger partial charge on any atom is 0.490 e. The molecular weight excluding hydrogens is 459 g/mol. The van der Waals surface area contributed by atoms with Crippen LogP contribution in [0.15, 0.2) is 23.8 Å². The van der Waals surface area contributed by atoms with Gasteiger partial charge in [-0.2, -0.15) is 18.3 Å². The molecule has 1 saturated carbocycles. The van der Waals surface area contributed by atoms with Crippen molar-refractivity contribution in [3.8, 4) is 0 Å². The van der Waals surface area contributed by atoms with Gasteiger partial charge in [-0.1, -0.05) is 0 Å². The highest BCUT2D eigenvalue weighted by molar-refractivity contribution is 7.90. The van der Waals surface area contributed by atoms with Crippen molar-refractivity contribution in [3.63, 3.8) is 0 Å². The lowest BCUT2D eigenvalue weighted by atomic mass is 10.1. The fourth-order valence-electron chi connectivity index (χ4n) is 3.19. The number of hydrogen-bond donors (Lipinski definition) is 2. The Bertz CT molecular complexity index is 974. The summed E-state index contributed by atoms with van der Waals surface area (Å²) in [5.74, 6) is -2.76. The summed E-state index contributed by atoms with van der Waals surface area (Å²) >= 11 is 1.67. The molecule has 2 aromatic heterocycles. The highest BCUT2D eigenvalue weighted by Crippen LogP contribution is 2.28. The van der Waals surface area contributed by atoms with Crippen molar-refractivity contribution in [1.29, 1.82) is 0 Å². The molecule has 14 heteroatoms. The molecule has 0 radical (unpaired) electrons. The second-order valence-corrected chi connectivity index (χ2v) is 10.3. The molecule has 0 spiro atoms. The van der Waals surface area contributed by atoms with Crippen molar-refractivity contribution in [3.05, 3.63) is 34.5 Å². The third-order valence-corrected chi connectivity index (χ3v) is 7.50. The van der Waals surface area contributed by atoms with Crippen LogP contribution < -0.4 is 4.72 Å². The van der Waals surface area contributed by atoms with Gasteiger partial charge < -0.3 is 5.11 Å². The summed E-state index contributed by atoms with van der Waals surface area (Å²) in [6.45, 7) is 3.00. The van der Waals surface area contributed by atoms with E-state index in [4.69, 9.17) is 9.90 Å². The van der Waals surface area contributed by atoms with E-state index >= 15 is 0 Å². The molecule has 1 unspecified atom stereocenters. The Hall–Kier alpha value is -2.03. The van der Waals surface area contributed by atoms with Gasteiger partial charge in [0.1, 0.15) is 5.01 Å². The lowest BCUT2D eigenvalue weighted by Gasteiger charge is -2.33. The summed E-state index contributed by atoms with van der Waals surface area (Å²) in [6, 6.07) is 2.22. The second-order valence-electron chi connectivity index (χ2n) is 7.25. The summed E-state index contributed by atoms with van der Waals surface area (Å²) in [4.78, 5) is 15.6. The van der Waals surface area contributed by atoms with Gasteiger partial charge in [-0.3, -0.25) is 9.58 Å². The summed E-state index contributed by atoms with van der Waals surface area (Å²) in [7, 11) is -3.11. The Morgan fingerprint density at radius 2 is 2.03 bits per heavy atom. The molecule has 2 aliphatic rings. The van der Waals surface area contributed by atoms with Crippen LogP contribution in [0, 0.1) is 0 Å². The number of nitrogens with zero attached hydrogens (tertiary/aromatic N) is 4. The Balaban J connectivity index is 0.000000339. The molecule has 31 heavy (non-hydrogen) atoms. The van der Waals surface area contributed by atoms with Crippen molar-refractivity contribution in [1.82, 2.24) is 24.4 Å². The molecule has 1 fully saturated rings. The number of sulfonamides is 1. The number of nitrogens with one attached hydrogen (secondary N) is 1. The molecule has 2 N–H and O–H groups in total. The second kappa shape index (κ2) is 9.63. The smallest absolute Gasteiger partial charge is 0.475 e. The molecule has 2 aromatic rings. The predicted molar refractivity (Wildman–Crippen MR) is 106 cm³/mol. The molecule has 0 amide bonds. The first-order valence-electron chi connectivity index (χ1n) is 9.48. The molecule has 0 bridgehead atoms. The van der Waals surface area contributed by atoms with Gasteiger partial charge in [0.2, 0.25) is 10.0 Å². The lowest BCUT2D eigenvalue weighted by molar-refractivity contribution is -0.192. The van der Waals surface area contributed by atoms with Crippen molar-refractivity contribution < 1.29 is 31.5 Å². The number of alkyl halides is 3. The Labute approximate surface area is 180 Å². The number of aliphatic carboxylic acids is 1. The summed E-state index contributed by atoms with van der Waals surface area (Å²) in [5.41, 5.74) is 1.17. The lowest BCUT2D eigenvalue weighted by Crippen LogP contribution is -2.39. The number of carboxylic acid groups (broad SMARTS) is 1. The molecular formula is C17H22F3N5O4S2. The summed E-state index contributed by atoms with van der Waals surface area (Å²) < 4.78 is 60.4. The first kappa shape index (κ1) is 23.6. The summed E-state index contributed by atoms with van der Waals surface area (Å²) in [5, 5.41) is 14.5. The maximum absolute atomic E-state index is 12.0. The Morgan fingerprint density at radius 3 is 2.61 bits per heavy atom. The predicted octanol–water partition coefficient (Wildman–Crippen LogP) is 2.00. The summed E-state index contributed by atoms with van der Waals surface area (Å²) in [6.07, 6.45) is 0.907. The number of thiazole rings is 1. The standard InChI is InChI=1S/C15H21N5O2S2.C2HF3O2/c21-24(22,14-1-2-14)18-6-4-13-10-19(11-15-16-7-8-23-15)9-12-3-5-17-20(12)13;3-2(4,5)1(6)7/h3,5,7-8,13-14,18H,1-2,4,6,9-11H2;(H,6,7). The molecule has 9 nitrogen and oxygen atoms in total. The van der Waals surface area contributed by atoms with E-state index in [0.29, 0.717) is 6.54 Å². The minimum atomic E-state index is -5.08. The number of hydrogen-bond acceptors (Lipinski definition) is 7. The number of rotatable bonds is 7. The van der Waals surface area contributed by atoms with E-state index in [1.165, 1.54) is 5.69 Å². The number of carbonyl (C=O) groups is 1. The van der Waals surface area contributed by atoms with Crippen molar-refractivity contribution in [2.24, 2.45) is 0 Å². The van der Waals surface area contributed by atoms with Gasteiger partial charge in [0.05, 0.1) is 23.5 Å². The maximum atomic E-state index is 12.0. The number of fused-ring (bicyclic) bond motifs is 1. The molecule has 0 aromatic carbocycles. The van der Waals surface area contributed by atoms with Crippen LogP contribution in [0.25, 0.3) is 0 Å². The van der Waals surface area contributed by atoms with E-state index in [0.717, 1.165) is 43.9 Å². The number of halogens is 3. The third-order valence-electron chi connectivity index (χ3n) is 4.78. The molecule has 3 heterocycles. The normalized spacial score (nSPS) is 19.4. The SMILES string of the molecule is O=C(O)C(F)(F)F.O=S(=O)(NCCC1CN(Cc2nccs2)Cc2ccnn21)C1CC1. The van der Waals surface area contributed by atoms with E-state index in [-0.39, 0.29) is 11.3 Å². The molecule has 172 valence electrons. The number of carboxylic acids is 1. The first-order chi connectivity index (χ1) is 14.6. The van der Waals surface area contributed by atoms with Crippen LogP contribution in [-0.4, -0.2) is 63.7 Å². The molecule has 0 saturated heterocycles. The van der Waals surface area contributed by atoms with Crippen molar-refractivity contribution in [2.75, 3.05) is 13.1 Å². The topological polar surface area (TPSA) is 117 Å². The highest BCUT2D eigenvalue weighted by atomic mass is 32.2. The van der Waals surface area contributed by atoms with Gasteiger partial charge in [0.15, 0.2) is 0 Å². The largest absolute Gasteiger partial charge is 0.490 e. The Morgan fingerprint density at radius 1 is 1.32 bits per heavy atom. The van der Waals surface area contributed by atoms with Gasteiger partial charge in [-0.25, -0.2) is 22.9 Å². The third kappa shape index (κ3) is 6.72. The fraction of sp³-hybridized carbons (Fsp3) is 0.588. The highest BCUT2D eigenvalue weighted by Gasteiger charge is 2.38. The van der Waals surface area contributed by atoms with Gasteiger partial charge in [0.25, 0.3) is 0 Å². The van der Waals surface area contributed by atoms with Crippen LogP contribution in [0.1, 0.15) is 36.0 Å². The molecule has 4 rings (SSSR count). The Kier molecular flexibility index (Phi) is 7.34. The first-order valence-corrected chi connectivity index (χ1v) is 11.9. The quantitative estimate of drug-likeness (QED) is 0.621. The minimum absolute atomic E-state index is 0.162. The van der Waals surface area contributed by atoms with Crippen LogP contribution in [0.5, 0.6) is 0 Å². The monoisotopic (exact) mass is 481 g/mol. The van der Waals surface area contributed by atoms with Crippen LogP contribution in [-0.2, 0) is 27.9 Å². The average molecular weight is 482 g/mol. The zero-order valence-corrected chi connectivity index (χ0v) is 18.0. The minimum Gasteiger partial charge on any atom is -0.475 e. The fourth-order valence-corrected chi connectivity index (χ4v) is 5.24. The van der Waals surface area contributed by atoms with Gasteiger partial charge >= 0.3 is 12.1 Å². The molecule has 1 aliphatic heterocycles. The van der Waals surface area contributed by atoms with E-state index in [1.54, 1.807) is 11.3 Å². The van der Waals surface area contributed by atoms with Crippen LogP contribution in [0.3, 0.4) is 0 Å². The van der Waals surface area contributed by atoms with Crippen LogP contribution in [0.2, 0.25) is 0 Å². The average Bonchev–Trinajstić information content (AvgIpc) is 3.24. The zero-order chi connectivity index (χ0) is 22.6. The van der Waals surface area contributed by atoms with Crippen LogP contribution >= 0.6 is 11.3 Å². The zero-order valence-electron chi connectivity index (χ0n) is 16.3.